The van der Waals surface area contributed by atoms with Gasteiger partial charge in [-0.15, -0.1) is 4.68 Å². The van der Waals surface area contributed by atoms with E-state index in [1.807, 2.05) is 0 Å². The van der Waals surface area contributed by atoms with Crippen molar-refractivity contribution in [3.63, 3.8) is 0 Å². The van der Waals surface area contributed by atoms with Crippen LogP contribution in [0.25, 0.3) is 16.8 Å². The van der Waals surface area contributed by atoms with Gasteiger partial charge in [-0.3, -0.25) is 9.59 Å². The summed E-state index contributed by atoms with van der Waals surface area (Å²) < 4.78 is 1.39. The monoisotopic (exact) mass is 403 g/mol. The molecule has 0 atom stereocenters. The molecule has 150 valence electrons. The Bertz CT molecular complexity index is 1200. The topological polar surface area (TPSA) is 119 Å². The molecule has 1 aliphatic heterocycles. The highest BCUT2D eigenvalue weighted by molar-refractivity contribution is 5.99. The SMILES string of the molecule is C=CC(=O)Nc1cccc(-n2cc(-c3ccc4c(c3)CCNC4=O)c([N+](=O)[O-])n2)c1. The number of hydrogen-bond donors (Lipinski definition) is 2. The molecule has 2 N–H and O–H groups in total. The second kappa shape index (κ2) is 7.63. The average molecular weight is 403 g/mol. The van der Waals surface area contributed by atoms with E-state index in [9.17, 15) is 19.7 Å². The second-order valence-corrected chi connectivity index (χ2v) is 6.69. The first kappa shape index (κ1) is 19.1. The lowest BCUT2D eigenvalue weighted by molar-refractivity contribution is -0.389. The fourth-order valence-electron chi connectivity index (χ4n) is 3.35. The summed E-state index contributed by atoms with van der Waals surface area (Å²) in [5.41, 5.74) is 3.42. The van der Waals surface area contributed by atoms with E-state index < -0.39 is 4.92 Å². The summed E-state index contributed by atoms with van der Waals surface area (Å²) in [6, 6.07) is 11.9. The molecule has 9 nitrogen and oxygen atoms in total. The second-order valence-electron chi connectivity index (χ2n) is 6.69. The summed E-state index contributed by atoms with van der Waals surface area (Å²) >= 11 is 0. The molecule has 1 aromatic heterocycles. The van der Waals surface area contributed by atoms with Gasteiger partial charge < -0.3 is 20.7 Å². The van der Waals surface area contributed by atoms with E-state index in [0.717, 1.165) is 11.6 Å². The number of nitrogens with one attached hydrogen (secondary N) is 2. The van der Waals surface area contributed by atoms with Gasteiger partial charge >= 0.3 is 5.82 Å². The van der Waals surface area contributed by atoms with Crippen molar-refractivity contribution in [1.29, 1.82) is 0 Å². The number of carbonyl (C=O) groups excluding carboxylic acids is 2. The Morgan fingerprint density at radius 3 is 2.87 bits per heavy atom. The van der Waals surface area contributed by atoms with Crippen LogP contribution in [0.15, 0.2) is 61.3 Å². The maximum Gasteiger partial charge on any atom is 0.398 e. The summed E-state index contributed by atoms with van der Waals surface area (Å²) in [4.78, 5) is 34.6. The Morgan fingerprint density at radius 2 is 2.10 bits per heavy atom. The number of fused-ring (bicyclic) bond motifs is 1. The fraction of sp³-hybridized carbons (Fsp3) is 0.0952. The van der Waals surface area contributed by atoms with E-state index in [0.29, 0.717) is 41.0 Å². The van der Waals surface area contributed by atoms with Crippen LogP contribution in [0.3, 0.4) is 0 Å². The number of hydrogen-bond acceptors (Lipinski definition) is 5. The third kappa shape index (κ3) is 3.55. The normalized spacial score (nSPS) is 12.6. The third-order valence-corrected chi connectivity index (χ3v) is 4.77. The Labute approximate surface area is 171 Å². The minimum Gasteiger partial charge on any atom is -0.358 e. The predicted octanol–water partition coefficient (Wildman–Crippen LogP) is 2.86. The fourth-order valence-corrected chi connectivity index (χ4v) is 3.35. The summed E-state index contributed by atoms with van der Waals surface area (Å²) in [5, 5.41) is 21.2. The van der Waals surface area contributed by atoms with Crippen LogP contribution in [-0.2, 0) is 11.2 Å². The zero-order valence-corrected chi connectivity index (χ0v) is 15.8. The molecular weight excluding hydrogens is 386 g/mol. The van der Waals surface area contributed by atoms with E-state index >= 15 is 0 Å². The van der Waals surface area contributed by atoms with Crippen LogP contribution < -0.4 is 10.6 Å². The Morgan fingerprint density at radius 1 is 1.27 bits per heavy atom. The molecule has 0 spiro atoms. The van der Waals surface area contributed by atoms with Gasteiger partial charge in [-0.2, -0.15) is 0 Å². The predicted molar refractivity (Wildman–Crippen MR) is 111 cm³/mol. The lowest BCUT2D eigenvalue weighted by atomic mass is 9.96. The number of rotatable bonds is 5. The van der Waals surface area contributed by atoms with Gasteiger partial charge in [0.2, 0.25) is 5.91 Å². The van der Waals surface area contributed by atoms with Gasteiger partial charge in [0.15, 0.2) is 0 Å². The van der Waals surface area contributed by atoms with Crippen LogP contribution in [0.1, 0.15) is 15.9 Å². The highest BCUT2D eigenvalue weighted by atomic mass is 16.6. The lowest BCUT2D eigenvalue weighted by Crippen LogP contribution is -2.31. The van der Waals surface area contributed by atoms with Crippen molar-refractivity contribution in [2.24, 2.45) is 0 Å². The van der Waals surface area contributed by atoms with Crippen molar-refractivity contribution < 1.29 is 14.5 Å². The average Bonchev–Trinajstić information content (AvgIpc) is 3.20. The molecular formula is C21H17N5O4. The van der Waals surface area contributed by atoms with E-state index in [4.69, 9.17) is 0 Å². The number of amides is 2. The molecule has 0 unspecified atom stereocenters. The molecule has 0 aliphatic carbocycles. The zero-order valence-electron chi connectivity index (χ0n) is 15.8. The van der Waals surface area contributed by atoms with Gasteiger partial charge in [-0.1, -0.05) is 18.7 Å². The summed E-state index contributed by atoms with van der Waals surface area (Å²) in [6.07, 6.45) is 3.37. The summed E-state index contributed by atoms with van der Waals surface area (Å²) in [5.74, 6) is -0.806. The first-order chi connectivity index (χ1) is 14.5. The van der Waals surface area contributed by atoms with Crippen LogP contribution in [0.4, 0.5) is 11.5 Å². The number of nitro groups is 1. The molecule has 3 aromatic rings. The molecule has 1 aliphatic rings. The van der Waals surface area contributed by atoms with Crippen LogP contribution in [0, 0.1) is 10.1 Å². The van der Waals surface area contributed by atoms with Gasteiger partial charge in [0, 0.05) is 17.8 Å². The van der Waals surface area contributed by atoms with E-state index in [2.05, 4.69) is 22.3 Å². The highest BCUT2D eigenvalue weighted by Gasteiger charge is 2.25. The smallest absolute Gasteiger partial charge is 0.358 e. The maximum absolute atomic E-state index is 12.0. The van der Waals surface area contributed by atoms with Crippen LogP contribution in [0.5, 0.6) is 0 Å². The van der Waals surface area contributed by atoms with Crippen molar-refractivity contribution >= 4 is 23.3 Å². The number of aromatic nitrogens is 2. The molecule has 0 saturated carbocycles. The van der Waals surface area contributed by atoms with Gasteiger partial charge in [0.1, 0.15) is 5.56 Å². The first-order valence-corrected chi connectivity index (χ1v) is 9.15. The highest BCUT2D eigenvalue weighted by Crippen LogP contribution is 2.32. The molecule has 9 heteroatoms. The molecule has 2 amide bonds. The van der Waals surface area contributed by atoms with Gasteiger partial charge in [-0.05, 0) is 58.9 Å². The summed E-state index contributed by atoms with van der Waals surface area (Å²) in [7, 11) is 0. The molecule has 4 rings (SSSR count). The van der Waals surface area contributed by atoms with Crippen molar-refractivity contribution in [3.8, 4) is 16.8 Å². The number of anilines is 1. The molecule has 2 aromatic carbocycles. The molecule has 0 saturated heterocycles. The number of benzene rings is 2. The van der Waals surface area contributed by atoms with Crippen LogP contribution in [-0.4, -0.2) is 33.1 Å². The van der Waals surface area contributed by atoms with Crippen LogP contribution in [0.2, 0.25) is 0 Å². The number of nitrogens with zero attached hydrogens (tertiary/aromatic N) is 3. The Balaban J connectivity index is 1.76. The minimum absolute atomic E-state index is 0.147. The third-order valence-electron chi connectivity index (χ3n) is 4.77. The zero-order chi connectivity index (χ0) is 21.3. The van der Waals surface area contributed by atoms with Gasteiger partial charge in [0.05, 0.1) is 17.0 Å². The van der Waals surface area contributed by atoms with E-state index in [-0.39, 0.29) is 17.6 Å². The first-order valence-electron chi connectivity index (χ1n) is 9.15. The van der Waals surface area contributed by atoms with Crippen molar-refractivity contribution in [1.82, 2.24) is 15.1 Å². The van der Waals surface area contributed by atoms with E-state index in [1.165, 1.54) is 4.68 Å². The van der Waals surface area contributed by atoms with Crippen molar-refractivity contribution in [3.05, 3.63) is 82.6 Å². The maximum atomic E-state index is 12.0. The quantitative estimate of drug-likeness (QED) is 0.386. The molecule has 0 radical (unpaired) electrons. The Kier molecular flexibility index (Phi) is 4.85. The standard InChI is InChI=1S/C21H17N5O4/c1-2-19(27)23-15-4-3-5-16(11-15)25-12-18(20(24-25)26(29)30)13-6-7-17-14(10-13)8-9-22-21(17)28/h2-7,10-12H,1,8-9H2,(H,22,28)(H,23,27). The minimum atomic E-state index is -0.540. The molecule has 2 heterocycles. The lowest BCUT2D eigenvalue weighted by Gasteiger charge is -2.16. The summed E-state index contributed by atoms with van der Waals surface area (Å²) in [6.45, 7) is 3.94. The van der Waals surface area contributed by atoms with Crippen molar-refractivity contribution in [2.45, 2.75) is 6.42 Å². The van der Waals surface area contributed by atoms with Gasteiger partial charge in [-0.25, -0.2) is 0 Å². The molecule has 0 bridgehead atoms. The van der Waals surface area contributed by atoms with Crippen LogP contribution >= 0.6 is 0 Å². The van der Waals surface area contributed by atoms with E-state index in [1.54, 1.807) is 48.7 Å². The Hall–Kier alpha value is -4.27. The van der Waals surface area contributed by atoms with Crippen molar-refractivity contribution in [2.75, 3.05) is 11.9 Å². The largest absolute Gasteiger partial charge is 0.398 e. The molecule has 30 heavy (non-hydrogen) atoms. The molecule has 0 fully saturated rings. The number of carbonyl (C=O) groups is 2. The van der Waals surface area contributed by atoms with Gasteiger partial charge in [0.25, 0.3) is 5.91 Å².